The van der Waals surface area contributed by atoms with Crippen molar-refractivity contribution in [1.82, 2.24) is 14.9 Å². The molecule has 0 saturated heterocycles. The Balaban J connectivity index is 1.36. The average molecular weight is 495 g/mol. The summed E-state index contributed by atoms with van der Waals surface area (Å²) >= 11 is 1.59. The monoisotopic (exact) mass is 494 g/mol. The van der Waals surface area contributed by atoms with Crippen LogP contribution >= 0.6 is 11.3 Å². The van der Waals surface area contributed by atoms with E-state index < -0.39 is 0 Å². The van der Waals surface area contributed by atoms with E-state index in [0.717, 1.165) is 57.6 Å². The van der Waals surface area contributed by atoms with Gasteiger partial charge in [0, 0.05) is 23.5 Å². The summed E-state index contributed by atoms with van der Waals surface area (Å²) < 4.78 is 7.30. The minimum absolute atomic E-state index is 0.0273. The Morgan fingerprint density at radius 1 is 1.11 bits per heavy atom. The minimum Gasteiger partial charge on any atom is -0.496 e. The Hall–Kier alpha value is -3.99. The number of aromatic nitrogens is 2. The largest absolute Gasteiger partial charge is 0.496 e. The van der Waals surface area contributed by atoms with Crippen LogP contribution in [-0.2, 0) is 19.5 Å². The van der Waals surface area contributed by atoms with Crippen molar-refractivity contribution in [2.75, 3.05) is 13.7 Å². The van der Waals surface area contributed by atoms with Crippen molar-refractivity contribution in [2.45, 2.75) is 26.4 Å². The van der Waals surface area contributed by atoms with E-state index in [4.69, 9.17) is 10.00 Å². The Morgan fingerprint density at radius 2 is 1.92 bits per heavy atom. The van der Waals surface area contributed by atoms with Crippen LogP contribution in [0.15, 0.2) is 71.8 Å². The van der Waals surface area contributed by atoms with Gasteiger partial charge < -0.3 is 10.1 Å². The predicted molar refractivity (Wildman–Crippen MR) is 145 cm³/mol. The van der Waals surface area contributed by atoms with Crippen LogP contribution in [0.3, 0.4) is 0 Å². The Morgan fingerprint density at radius 3 is 2.69 bits per heavy atom. The predicted octanol–water partition coefficient (Wildman–Crippen LogP) is 5.18. The fourth-order valence-corrected chi connectivity index (χ4v) is 5.66. The number of hydrogen-bond acceptors (Lipinski definition) is 6. The van der Waals surface area contributed by atoms with Gasteiger partial charge in [0.2, 0.25) is 0 Å². The first kappa shape index (κ1) is 23.7. The molecule has 0 amide bonds. The molecule has 36 heavy (non-hydrogen) atoms. The highest BCUT2D eigenvalue weighted by Gasteiger charge is 2.16. The standard InChI is InChI=1S/C29H26N4O2S/c1-19-26(13-14-31-16-21-9-7-20(15-30)8-10-21)36-28-27(19)29(34)33(18-32-28)17-24-23-6-4-3-5-22(23)11-12-25(24)35-2/h3-12,18,31H,13-14,16-17H2,1-2H3. The third-order valence-electron chi connectivity index (χ3n) is 6.50. The molecule has 2 aromatic heterocycles. The van der Waals surface area contributed by atoms with Gasteiger partial charge in [0.05, 0.1) is 37.0 Å². The van der Waals surface area contributed by atoms with Crippen LogP contribution < -0.4 is 15.6 Å². The van der Waals surface area contributed by atoms with E-state index in [-0.39, 0.29) is 5.56 Å². The molecule has 1 N–H and O–H groups in total. The average Bonchev–Trinajstić information content (AvgIpc) is 3.24. The maximum Gasteiger partial charge on any atom is 0.262 e. The van der Waals surface area contributed by atoms with Gasteiger partial charge in [-0.05, 0) is 53.4 Å². The molecular weight excluding hydrogens is 468 g/mol. The van der Waals surface area contributed by atoms with Gasteiger partial charge in [0.25, 0.3) is 5.56 Å². The maximum absolute atomic E-state index is 13.5. The number of hydrogen-bond donors (Lipinski definition) is 1. The summed E-state index contributed by atoms with van der Waals surface area (Å²) in [6.45, 7) is 3.92. The number of rotatable bonds is 8. The van der Waals surface area contributed by atoms with Gasteiger partial charge in [-0.2, -0.15) is 5.26 Å². The van der Waals surface area contributed by atoms with Crippen molar-refractivity contribution in [3.63, 3.8) is 0 Å². The lowest BCUT2D eigenvalue weighted by atomic mass is 10.0. The number of methoxy groups -OCH3 is 1. The van der Waals surface area contributed by atoms with E-state index in [9.17, 15) is 4.79 Å². The maximum atomic E-state index is 13.5. The van der Waals surface area contributed by atoms with Crippen molar-refractivity contribution >= 4 is 32.3 Å². The molecule has 6 nitrogen and oxygen atoms in total. The van der Waals surface area contributed by atoms with Crippen LogP contribution in [-0.4, -0.2) is 23.2 Å². The van der Waals surface area contributed by atoms with Gasteiger partial charge >= 0.3 is 0 Å². The number of fused-ring (bicyclic) bond motifs is 2. The molecule has 0 aliphatic heterocycles. The zero-order valence-corrected chi connectivity index (χ0v) is 21.1. The molecule has 3 aromatic carbocycles. The first-order chi connectivity index (χ1) is 17.6. The lowest BCUT2D eigenvalue weighted by molar-refractivity contribution is 0.409. The first-order valence-corrected chi connectivity index (χ1v) is 12.6. The zero-order chi connectivity index (χ0) is 25.1. The van der Waals surface area contributed by atoms with E-state index in [1.165, 1.54) is 4.88 Å². The summed E-state index contributed by atoms with van der Waals surface area (Å²) in [5, 5.41) is 15.3. The molecule has 2 heterocycles. The Bertz CT molecular complexity index is 1650. The second kappa shape index (κ2) is 10.3. The van der Waals surface area contributed by atoms with Gasteiger partial charge in [-0.25, -0.2) is 4.98 Å². The minimum atomic E-state index is -0.0273. The molecule has 0 saturated carbocycles. The van der Waals surface area contributed by atoms with E-state index in [0.29, 0.717) is 17.5 Å². The number of nitrogens with zero attached hydrogens (tertiary/aromatic N) is 3. The highest BCUT2D eigenvalue weighted by Crippen LogP contribution is 2.30. The summed E-state index contributed by atoms with van der Waals surface area (Å²) in [6.07, 6.45) is 2.47. The van der Waals surface area contributed by atoms with Crippen molar-refractivity contribution in [2.24, 2.45) is 0 Å². The smallest absolute Gasteiger partial charge is 0.262 e. The van der Waals surface area contributed by atoms with Gasteiger partial charge in [-0.15, -0.1) is 11.3 Å². The molecule has 0 aliphatic carbocycles. The number of aryl methyl sites for hydroxylation is 1. The molecule has 0 spiro atoms. The van der Waals surface area contributed by atoms with Crippen LogP contribution in [0, 0.1) is 18.3 Å². The number of nitrogens with one attached hydrogen (secondary N) is 1. The fourth-order valence-electron chi connectivity index (χ4n) is 4.53. The Kier molecular flexibility index (Phi) is 6.81. The van der Waals surface area contributed by atoms with Crippen LogP contribution in [0.4, 0.5) is 0 Å². The van der Waals surface area contributed by atoms with Gasteiger partial charge in [-0.3, -0.25) is 9.36 Å². The molecule has 0 aliphatic rings. The molecule has 0 atom stereocenters. The van der Waals surface area contributed by atoms with Crippen LogP contribution in [0.25, 0.3) is 21.0 Å². The number of thiophene rings is 1. The molecule has 7 heteroatoms. The highest BCUT2D eigenvalue weighted by atomic mass is 32.1. The van der Waals surface area contributed by atoms with E-state index in [1.54, 1.807) is 29.3 Å². The molecule has 5 aromatic rings. The van der Waals surface area contributed by atoms with Crippen molar-refractivity contribution in [3.8, 4) is 11.8 Å². The SMILES string of the molecule is COc1ccc2ccccc2c1Cn1cnc2sc(CCNCc3ccc(C#N)cc3)c(C)c2c1=O. The van der Waals surface area contributed by atoms with Gasteiger partial charge in [0.15, 0.2) is 0 Å². The fraction of sp³-hybridized carbons (Fsp3) is 0.207. The van der Waals surface area contributed by atoms with Gasteiger partial charge in [0.1, 0.15) is 10.6 Å². The van der Waals surface area contributed by atoms with E-state index >= 15 is 0 Å². The summed E-state index contributed by atoms with van der Waals surface area (Å²) in [4.78, 5) is 20.1. The van der Waals surface area contributed by atoms with Crippen LogP contribution in [0.2, 0.25) is 0 Å². The van der Waals surface area contributed by atoms with Crippen molar-refractivity contribution in [1.29, 1.82) is 5.26 Å². The Labute approximate surface area is 213 Å². The summed E-state index contributed by atoms with van der Waals surface area (Å²) in [6, 6.07) is 21.8. The topological polar surface area (TPSA) is 79.9 Å². The van der Waals surface area contributed by atoms with Gasteiger partial charge in [-0.1, -0.05) is 42.5 Å². The number of ether oxygens (including phenoxy) is 1. The molecular formula is C29H26N4O2S. The normalized spacial score (nSPS) is 11.1. The summed E-state index contributed by atoms with van der Waals surface area (Å²) in [5.74, 6) is 0.761. The van der Waals surface area contributed by atoms with Crippen LogP contribution in [0.1, 0.15) is 27.1 Å². The third-order valence-corrected chi connectivity index (χ3v) is 7.76. The zero-order valence-electron chi connectivity index (χ0n) is 20.2. The number of nitriles is 1. The molecule has 0 bridgehead atoms. The molecule has 5 rings (SSSR count). The first-order valence-electron chi connectivity index (χ1n) is 11.8. The van der Waals surface area contributed by atoms with Crippen molar-refractivity contribution < 1.29 is 4.74 Å². The molecule has 180 valence electrons. The summed E-state index contributed by atoms with van der Waals surface area (Å²) in [7, 11) is 1.66. The summed E-state index contributed by atoms with van der Waals surface area (Å²) in [5.41, 5.74) is 3.75. The lowest BCUT2D eigenvalue weighted by Crippen LogP contribution is -2.21. The quantitative estimate of drug-likeness (QED) is 0.301. The van der Waals surface area contributed by atoms with E-state index in [1.807, 2.05) is 55.5 Å². The lowest BCUT2D eigenvalue weighted by Gasteiger charge is -2.13. The second-order valence-corrected chi connectivity index (χ2v) is 9.79. The molecule has 0 unspecified atom stereocenters. The number of benzene rings is 3. The molecule has 0 fully saturated rings. The third kappa shape index (κ3) is 4.61. The highest BCUT2D eigenvalue weighted by molar-refractivity contribution is 7.18. The van der Waals surface area contributed by atoms with Crippen molar-refractivity contribution in [3.05, 3.63) is 104 Å². The van der Waals surface area contributed by atoms with E-state index in [2.05, 4.69) is 28.5 Å². The molecule has 0 radical (unpaired) electrons. The second-order valence-electron chi connectivity index (χ2n) is 8.71. The van der Waals surface area contributed by atoms with Crippen LogP contribution in [0.5, 0.6) is 5.75 Å².